The second-order valence-corrected chi connectivity index (χ2v) is 5.27. The molecule has 88 valence electrons. The van der Waals surface area contributed by atoms with Crippen LogP contribution in [0.15, 0.2) is 54.6 Å². The molecule has 0 atom stereocenters. The molecule has 0 saturated heterocycles. The van der Waals surface area contributed by atoms with Gasteiger partial charge in [0, 0.05) is 0 Å². The van der Waals surface area contributed by atoms with Crippen molar-refractivity contribution in [3.8, 4) is 0 Å². The molecular weight excluding hydrogens is 249 g/mol. The van der Waals surface area contributed by atoms with Gasteiger partial charge in [-0.1, -0.05) is 54.6 Å². The summed E-state index contributed by atoms with van der Waals surface area (Å²) in [5.41, 5.74) is 1.53. The molecule has 0 spiro atoms. The van der Waals surface area contributed by atoms with Crippen LogP contribution in [-0.2, 0) is 11.0 Å². The van der Waals surface area contributed by atoms with Crippen LogP contribution in [-0.4, -0.2) is 0 Å². The fraction of sp³-hybridized carbons (Fsp3) is 0.0769. The van der Waals surface area contributed by atoms with E-state index in [1.807, 2.05) is 30.3 Å². The molecule has 0 aliphatic heterocycles. The van der Waals surface area contributed by atoms with Crippen molar-refractivity contribution in [2.24, 2.45) is 0 Å². The Hall–Kier alpha value is -0.215. The average Bonchev–Trinajstić information content (AvgIpc) is 2.30. The van der Waals surface area contributed by atoms with Crippen LogP contribution in [0.25, 0.3) is 0 Å². The first-order valence-corrected chi connectivity index (χ1v) is 6.76. The molecule has 19 heavy (non-hydrogen) atoms. The van der Waals surface area contributed by atoms with Gasteiger partial charge in [0.15, 0.2) is 0 Å². The predicted octanol–water partition coefficient (Wildman–Crippen LogP) is -5.18. The van der Waals surface area contributed by atoms with E-state index in [0.717, 1.165) is 5.56 Å². The van der Waals surface area contributed by atoms with Crippen molar-refractivity contribution in [3.63, 3.8) is 0 Å². The third kappa shape index (κ3) is 5.35. The smallest absolute Gasteiger partial charge is 0.807 e. The Kier molecular flexibility index (Phi) is 8.06. The zero-order chi connectivity index (χ0) is 12.3. The summed E-state index contributed by atoms with van der Waals surface area (Å²) in [5, 5.41) is -0.108. The SMILES string of the molecule is O=P([O-])([O-])c1ccccc1Cc1ccccc1.[Li+].[Li+]. The fourth-order valence-corrected chi connectivity index (χ4v) is 2.52. The Morgan fingerprint density at radius 3 is 1.95 bits per heavy atom. The van der Waals surface area contributed by atoms with E-state index in [2.05, 4.69) is 0 Å². The van der Waals surface area contributed by atoms with E-state index in [1.54, 1.807) is 18.2 Å². The molecule has 0 aliphatic rings. The first-order valence-electron chi connectivity index (χ1n) is 5.22. The molecule has 0 saturated carbocycles. The number of rotatable bonds is 3. The second-order valence-electron chi connectivity index (χ2n) is 3.79. The van der Waals surface area contributed by atoms with E-state index < -0.39 is 7.60 Å². The molecule has 0 amide bonds. The first-order chi connectivity index (χ1) is 8.07. The van der Waals surface area contributed by atoms with Gasteiger partial charge in [-0.3, -0.25) is 0 Å². The zero-order valence-corrected chi connectivity index (χ0v) is 12.0. The van der Waals surface area contributed by atoms with Gasteiger partial charge < -0.3 is 14.4 Å². The van der Waals surface area contributed by atoms with Gasteiger partial charge in [-0.2, -0.15) is 0 Å². The molecule has 0 bridgehead atoms. The minimum atomic E-state index is -4.69. The van der Waals surface area contributed by atoms with Gasteiger partial charge in [0.25, 0.3) is 0 Å². The van der Waals surface area contributed by atoms with E-state index in [9.17, 15) is 14.4 Å². The van der Waals surface area contributed by atoms with Gasteiger partial charge >= 0.3 is 37.7 Å². The van der Waals surface area contributed by atoms with Crippen LogP contribution in [0.3, 0.4) is 0 Å². The van der Waals surface area contributed by atoms with Crippen LogP contribution in [0, 0.1) is 0 Å². The van der Waals surface area contributed by atoms with Gasteiger partial charge in [-0.15, -0.1) is 0 Å². The molecule has 0 unspecified atom stereocenters. The number of hydrogen-bond donors (Lipinski definition) is 0. The Morgan fingerprint density at radius 1 is 0.842 bits per heavy atom. The molecule has 0 fully saturated rings. The molecule has 0 heterocycles. The van der Waals surface area contributed by atoms with Crippen molar-refractivity contribution >= 4 is 12.9 Å². The maximum absolute atomic E-state index is 11.1. The summed E-state index contributed by atoms with van der Waals surface area (Å²) in [4.78, 5) is 22.2. The summed E-state index contributed by atoms with van der Waals surface area (Å²) in [6.45, 7) is 0. The van der Waals surface area contributed by atoms with Crippen LogP contribution in [0.2, 0.25) is 0 Å². The normalized spacial score (nSPS) is 10.2. The monoisotopic (exact) mass is 260 g/mol. The van der Waals surface area contributed by atoms with Crippen LogP contribution in [0.5, 0.6) is 0 Å². The van der Waals surface area contributed by atoms with Crippen molar-refractivity contribution in [3.05, 3.63) is 65.7 Å². The molecule has 2 rings (SSSR count). The molecule has 2 aromatic rings. The van der Waals surface area contributed by atoms with Crippen LogP contribution >= 0.6 is 7.60 Å². The van der Waals surface area contributed by atoms with E-state index in [1.165, 1.54) is 6.07 Å². The van der Waals surface area contributed by atoms with Gasteiger partial charge in [0.2, 0.25) is 0 Å². The van der Waals surface area contributed by atoms with Crippen molar-refractivity contribution in [2.75, 3.05) is 0 Å². The van der Waals surface area contributed by atoms with Gasteiger partial charge in [0.1, 0.15) is 0 Å². The predicted molar refractivity (Wildman–Crippen MR) is 62.9 cm³/mol. The van der Waals surface area contributed by atoms with Crippen molar-refractivity contribution in [1.82, 2.24) is 0 Å². The summed E-state index contributed by atoms with van der Waals surface area (Å²) in [5.74, 6) is 0. The first kappa shape index (κ1) is 18.8. The van der Waals surface area contributed by atoms with E-state index in [-0.39, 0.29) is 43.0 Å². The van der Waals surface area contributed by atoms with Gasteiger partial charge in [0.05, 0.1) is 0 Å². The minimum Gasteiger partial charge on any atom is -0.807 e. The maximum atomic E-state index is 11.1. The van der Waals surface area contributed by atoms with Gasteiger partial charge in [-0.25, -0.2) is 0 Å². The number of benzene rings is 2. The fourth-order valence-electron chi connectivity index (χ4n) is 1.74. The van der Waals surface area contributed by atoms with Crippen LogP contribution in [0.1, 0.15) is 11.1 Å². The number of hydrogen-bond acceptors (Lipinski definition) is 3. The van der Waals surface area contributed by atoms with Crippen molar-refractivity contribution < 1.29 is 52.1 Å². The van der Waals surface area contributed by atoms with E-state index in [4.69, 9.17) is 0 Å². The molecule has 0 aliphatic carbocycles. The maximum Gasteiger partial charge on any atom is 1.00 e. The van der Waals surface area contributed by atoms with Crippen molar-refractivity contribution in [2.45, 2.75) is 6.42 Å². The Balaban J connectivity index is 0.00000162. The largest absolute Gasteiger partial charge is 1.00 e. The van der Waals surface area contributed by atoms with Crippen molar-refractivity contribution in [1.29, 1.82) is 0 Å². The Morgan fingerprint density at radius 2 is 1.37 bits per heavy atom. The third-order valence-corrected chi connectivity index (χ3v) is 3.55. The quantitative estimate of drug-likeness (QED) is 0.409. The topological polar surface area (TPSA) is 63.2 Å². The third-order valence-electron chi connectivity index (χ3n) is 2.52. The standard InChI is InChI=1S/C13H13O3P.2Li/c14-17(15,16)13-9-5-4-8-12(13)10-11-6-2-1-3-7-11;;/h1-9H,10H2,(H2,14,15,16);;/q;2*+1/p-2. The average molecular weight is 260 g/mol. The minimum absolute atomic E-state index is 0. The van der Waals surface area contributed by atoms with E-state index in [0.29, 0.717) is 12.0 Å². The van der Waals surface area contributed by atoms with Crippen LogP contribution in [0.4, 0.5) is 0 Å². The summed E-state index contributed by atoms with van der Waals surface area (Å²) in [6, 6.07) is 15.8. The molecule has 0 N–H and O–H groups in total. The summed E-state index contributed by atoms with van der Waals surface area (Å²) >= 11 is 0. The molecule has 0 radical (unpaired) electrons. The molecule has 6 heteroatoms. The molecule has 2 aromatic carbocycles. The second kappa shape index (κ2) is 8.16. The molecule has 0 aromatic heterocycles. The summed E-state index contributed by atoms with van der Waals surface area (Å²) in [6.07, 6.45) is 0.450. The molecule has 3 nitrogen and oxygen atoms in total. The Bertz CT molecular complexity index is 555. The van der Waals surface area contributed by atoms with Crippen LogP contribution < -0.4 is 52.8 Å². The van der Waals surface area contributed by atoms with Gasteiger partial charge in [-0.05, 0) is 30.4 Å². The molecular formula is C13H11Li2O3P. The van der Waals surface area contributed by atoms with E-state index >= 15 is 0 Å². The zero-order valence-electron chi connectivity index (χ0n) is 11.1. The summed E-state index contributed by atoms with van der Waals surface area (Å²) in [7, 11) is -4.69. The Labute approximate surface area is 136 Å². The summed E-state index contributed by atoms with van der Waals surface area (Å²) < 4.78 is 11.1.